The van der Waals surface area contributed by atoms with Crippen molar-refractivity contribution in [3.8, 4) is 11.5 Å². The number of amides is 2. The molecule has 3 rings (SSSR count). The van der Waals surface area contributed by atoms with E-state index in [-0.39, 0.29) is 25.2 Å². The Morgan fingerprint density at radius 3 is 3.00 bits per heavy atom. The molecule has 0 radical (unpaired) electrons. The van der Waals surface area contributed by atoms with E-state index in [0.29, 0.717) is 30.9 Å². The number of benzene rings is 1. The molecule has 0 spiro atoms. The van der Waals surface area contributed by atoms with E-state index in [1.807, 2.05) is 12.1 Å². The summed E-state index contributed by atoms with van der Waals surface area (Å²) in [5.74, 6) is 1.08. The summed E-state index contributed by atoms with van der Waals surface area (Å²) in [5.41, 5.74) is 0.887. The lowest BCUT2D eigenvalue weighted by Crippen LogP contribution is -2.45. The number of fused-ring (bicyclic) bond motifs is 1. The number of aliphatic hydroxyl groups is 1. The van der Waals surface area contributed by atoms with Crippen molar-refractivity contribution in [3.63, 3.8) is 0 Å². The van der Waals surface area contributed by atoms with Gasteiger partial charge in [0.2, 0.25) is 18.6 Å². The van der Waals surface area contributed by atoms with Crippen LogP contribution in [0.2, 0.25) is 0 Å². The topological polar surface area (TPSA) is 88.1 Å². The molecule has 0 aromatic heterocycles. The average Bonchev–Trinajstić information content (AvgIpc) is 3.12. The number of carbonyl (C=O) groups excluding carboxylic acids is 2. The van der Waals surface area contributed by atoms with Crippen LogP contribution >= 0.6 is 0 Å². The van der Waals surface area contributed by atoms with Crippen LogP contribution in [0.1, 0.15) is 25.3 Å². The predicted octanol–water partition coefficient (Wildman–Crippen LogP) is 0.403. The Morgan fingerprint density at radius 2 is 2.22 bits per heavy atom. The summed E-state index contributed by atoms with van der Waals surface area (Å²) in [4.78, 5) is 25.9. The third-order valence-corrected chi connectivity index (χ3v) is 3.99. The van der Waals surface area contributed by atoms with Crippen LogP contribution in [0.5, 0.6) is 11.5 Å². The van der Waals surface area contributed by atoms with Gasteiger partial charge in [0.1, 0.15) is 6.04 Å². The number of hydrogen-bond donors (Lipinski definition) is 2. The molecule has 1 aromatic carbocycles. The van der Waals surface area contributed by atoms with Gasteiger partial charge in [-0.1, -0.05) is 6.07 Å². The minimum Gasteiger partial charge on any atom is -0.454 e. The monoisotopic (exact) mass is 320 g/mol. The zero-order valence-electron chi connectivity index (χ0n) is 12.9. The van der Waals surface area contributed by atoms with Gasteiger partial charge >= 0.3 is 0 Å². The second kappa shape index (κ2) is 6.45. The predicted molar refractivity (Wildman–Crippen MR) is 80.8 cm³/mol. The molecule has 2 aliphatic heterocycles. The van der Waals surface area contributed by atoms with Crippen molar-refractivity contribution >= 4 is 11.8 Å². The van der Waals surface area contributed by atoms with Crippen molar-refractivity contribution < 1.29 is 24.2 Å². The SMILES string of the molecule is CC(O)CNC(=O)C1CCC(=O)N1Cc1ccc2c(c1)OCO2. The number of nitrogens with zero attached hydrogens (tertiary/aromatic N) is 1. The Balaban J connectivity index is 1.69. The molecule has 2 N–H and O–H groups in total. The van der Waals surface area contributed by atoms with E-state index in [0.717, 1.165) is 5.56 Å². The molecule has 0 aliphatic carbocycles. The van der Waals surface area contributed by atoms with Gasteiger partial charge in [-0.15, -0.1) is 0 Å². The maximum absolute atomic E-state index is 12.2. The van der Waals surface area contributed by atoms with Crippen LogP contribution in [0.3, 0.4) is 0 Å². The number of ether oxygens (including phenoxy) is 2. The highest BCUT2D eigenvalue weighted by Gasteiger charge is 2.36. The zero-order chi connectivity index (χ0) is 16.4. The molecule has 1 saturated heterocycles. The van der Waals surface area contributed by atoms with Gasteiger partial charge in [-0.25, -0.2) is 0 Å². The highest BCUT2D eigenvalue weighted by molar-refractivity contribution is 5.90. The van der Waals surface area contributed by atoms with Crippen molar-refractivity contribution in [2.45, 2.75) is 38.5 Å². The van der Waals surface area contributed by atoms with Gasteiger partial charge in [0.05, 0.1) is 6.10 Å². The highest BCUT2D eigenvalue weighted by atomic mass is 16.7. The normalized spacial score (nSPS) is 20.7. The average molecular weight is 320 g/mol. The highest BCUT2D eigenvalue weighted by Crippen LogP contribution is 2.33. The first-order chi connectivity index (χ1) is 11.0. The van der Waals surface area contributed by atoms with Gasteiger partial charge in [-0.2, -0.15) is 0 Å². The van der Waals surface area contributed by atoms with Crippen LogP contribution in [-0.4, -0.2) is 47.3 Å². The Kier molecular flexibility index (Phi) is 4.38. The summed E-state index contributed by atoms with van der Waals surface area (Å²) in [5, 5.41) is 11.9. The van der Waals surface area contributed by atoms with Crippen molar-refractivity contribution in [2.24, 2.45) is 0 Å². The lowest BCUT2D eigenvalue weighted by atomic mass is 10.1. The standard InChI is InChI=1S/C16H20N2O5/c1-10(19)7-17-16(21)12-3-5-15(20)18(12)8-11-2-4-13-14(6-11)23-9-22-13/h2,4,6,10,12,19H,3,5,7-9H2,1H3,(H,17,21). The van der Waals surface area contributed by atoms with E-state index >= 15 is 0 Å². The molecule has 7 heteroatoms. The van der Waals surface area contributed by atoms with Crippen LogP contribution in [0.4, 0.5) is 0 Å². The minimum absolute atomic E-state index is 0.0418. The summed E-state index contributed by atoms with van der Waals surface area (Å²) >= 11 is 0. The third-order valence-electron chi connectivity index (χ3n) is 3.99. The lowest BCUT2D eigenvalue weighted by molar-refractivity contribution is -0.136. The fraction of sp³-hybridized carbons (Fsp3) is 0.500. The number of likely N-dealkylation sites (tertiary alicyclic amines) is 1. The van der Waals surface area contributed by atoms with Crippen molar-refractivity contribution in [3.05, 3.63) is 23.8 Å². The van der Waals surface area contributed by atoms with Crippen LogP contribution < -0.4 is 14.8 Å². The van der Waals surface area contributed by atoms with Gasteiger partial charge in [-0.05, 0) is 31.0 Å². The largest absolute Gasteiger partial charge is 0.454 e. The number of hydrogen-bond acceptors (Lipinski definition) is 5. The molecular weight excluding hydrogens is 300 g/mol. The van der Waals surface area contributed by atoms with E-state index in [1.54, 1.807) is 17.9 Å². The molecule has 124 valence electrons. The Bertz CT molecular complexity index is 616. The first kappa shape index (κ1) is 15.6. The molecule has 1 fully saturated rings. The molecule has 2 heterocycles. The van der Waals surface area contributed by atoms with Gasteiger partial charge in [0, 0.05) is 19.5 Å². The maximum Gasteiger partial charge on any atom is 0.242 e. The lowest BCUT2D eigenvalue weighted by Gasteiger charge is -2.24. The molecule has 2 aliphatic rings. The molecule has 23 heavy (non-hydrogen) atoms. The quantitative estimate of drug-likeness (QED) is 0.820. The van der Waals surface area contributed by atoms with Crippen molar-refractivity contribution in [1.82, 2.24) is 10.2 Å². The molecule has 1 aromatic rings. The summed E-state index contributed by atoms with van der Waals surface area (Å²) in [6.45, 7) is 2.33. The molecule has 2 atom stereocenters. The van der Waals surface area contributed by atoms with E-state index in [1.165, 1.54) is 0 Å². The van der Waals surface area contributed by atoms with Crippen molar-refractivity contribution in [1.29, 1.82) is 0 Å². The Morgan fingerprint density at radius 1 is 1.43 bits per heavy atom. The first-order valence-electron chi connectivity index (χ1n) is 7.68. The van der Waals surface area contributed by atoms with Crippen LogP contribution in [0.25, 0.3) is 0 Å². The molecule has 7 nitrogen and oxygen atoms in total. The molecule has 0 saturated carbocycles. The van der Waals surface area contributed by atoms with Gasteiger partial charge < -0.3 is 24.8 Å². The van der Waals surface area contributed by atoms with Crippen LogP contribution in [0.15, 0.2) is 18.2 Å². The van der Waals surface area contributed by atoms with Crippen LogP contribution in [-0.2, 0) is 16.1 Å². The summed E-state index contributed by atoms with van der Waals surface area (Å²) in [6.07, 6.45) is 0.241. The maximum atomic E-state index is 12.2. The van der Waals surface area contributed by atoms with E-state index in [4.69, 9.17) is 9.47 Å². The third kappa shape index (κ3) is 3.39. The zero-order valence-corrected chi connectivity index (χ0v) is 12.9. The fourth-order valence-electron chi connectivity index (χ4n) is 2.81. The molecule has 0 bridgehead atoms. The van der Waals surface area contributed by atoms with E-state index < -0.39 is 12.1 Å². The number of nitrogens with one attached hydrogen (secondary N) is 1. The first-order valence-corrected chi connectivity index (χ1v) is 7.68. The fourth-order valence-corrected chi connectivity index (χ4v) is 2.81. The van der Waals surface area contributed by atoms with Gasteiger partial charge in [0.15, 0.2) is 11.5 Å². The minimum atomic E-state index is -0.613. The van der Waals surface area contributed by atoms with E-state index in [2.05, 4.69) is 5.32 Å². The van der Waals surface area contributed by atoms with Crippen LogP contribution in [0, 0.1) is 0 Å². The molecule has 2 amide bonds. The second-order valence-corrected chi connectivity index (χ2v) is 5.86. The molecular formula is C16H20N2O5. The molecule has 2 unspecified atom stereocenters. The smallest absolute Gasteiger partial charge is 0.242 e. The van der Waals surface area contributed by atoms with Crippen molar-refractivity contribution in [2.75, 3.05) is 13.3 Å². The number of aliphatic hydroxyl groups excluding tert-OH is 1. The van der Waals surface area contributed by atoms with Gasteiger partial charge in [-0.3, -0.25) is 9.59 Å². The van der Waals surface area contributed by atoms with Gasteiger partial charge in [0.25, 0.3) is 0 Å². The Labute approximate surface area is 134 Å². The summed E-state index contributed by atoms with van der Waals surface area (Å²) < 4.78 is 10.6. The Hall–Kier alpha value is -2.28. The summed E-state index contributed by atoms with van der Waals surface area (Å²) in [6, 6.07) is 5.01. The summed E-state index contributed by atoms with van der Waals surface area (Å²) in [7, 11) is 0. The van der Waals surface area contributed by atoms with E-state index in [9.17, 15) is 14.7 Å². The number of rotatable bonds is 5. The number of carbonyl (C=O) groups is 2. The second-order valence-electron chi connectivity index (χ2n) is 5.86.